The summed E-state index contributed by atoms with van der Waals surface area (Å²) in [7, 11) is 1.81. The molecule has 0 saturated heterocycles. The van der Waals surface area contributed by atoms with Gasteiger partial charge < -0.3 is 10.6 Å². The number of amides is 1. The SMILES string of the molecule is C#Cc1cccc(NC(=O)CCNC)c1. The third kappa shape index (κ3) is 3.84. The first-order valence-electron chi connectivity index (χ1n) is 4.77. The number of nitrogens with one attached hydrogen (secondary N) is 2. The highest BCUT2D eigenvalue weighted by atomic mass is 16.1. The van der Waals surface area contributed by atoms with Crippen molar-refractivity contribution in [1.82, 2.24) is 5.32 Å². The van der Waals surface area contributed by atoms with Crippen molar-refractivity contribution in [3.8, 4) is 12.3 Å². The fraction of sp³-hybridized carbons (Fsp3) is 0.250. The maximum absolute atomic E-state index is 11.4. The molecule has 0 spiro atoms. The minimum atomic E-state index is -0.0153. The van der Waals surface area contributed by atoms with E-state index in [1.165, 1.54) is 0 Å². The number of hydrogen-bond acceptors (Lipinski definition) is 2. The van der Waals surface area contributed by atoms with Gasteiger partial charge >= 0.3 is 0 Å². The zero-order valence-electron chi connectivity index (χ0n) is 8.71. The van der Waals surface area contributed by atoms with E-state index in [4.69, 9.17) is 6.42 Å². The zero-order chi connectivity index (χ0) is 11.1. The second-order valence-electron chi connectivity index (χ2n) is 3.13. The Bertz CT molecular complexity index is 379. The molecule has 0 heterocycles. The Balaban J connectivity index is 2.57. The zero-order valence-corrected chi connectivity index (χ0v) is 8.71. The minimum absolute atomic E-state index is 0.0153. The molecule has 1 amide bonds. The lowest BCUT2D eigenvalue weighted by atomic mass is 10.2. The summed E-state index contributed by atoms with van der Waals surface area (Å²) in [5.41, 5.74) is 1.51. The molecular weight excluding hydrogens is 188 g/mol. The van der Waals surface area contributed by atoms with Crippen LogP contribution in [0.25, 0.3) is 0 Å². The van der Waals surface area contributed by atoms with Crippen LogP contribution in [0, 0.1) is 12.3 Å². The molecule has 1 rings (SSSR count). The Kier molecular flexibility index (Phi) is 4.39. The fourth-order valence-corrected chi connectivity index (χ4v) is 1.15. The molecular formula is C12H14N2O. The van der Waals surface area contributed by atoms with Gasteiger partial charge in [-0.2, -0.15) is 0 Å². The Morgan fingerprint density at radius 2 is 2.33 bits per heavy atom. The smallest absolute Gasteiger partial charge is 0.225 e. The molecule has 0 aliphatic rings. The van der Waals surface area contributed by atoms with Crippen molar-refractivity contribution >= 4 is 11.6 Å². The molecule has 3 nitrogen and oxygen atoms in total. The number of rotatable bonds is 4. The summed E-state index contributed by atoms with van der Waals surface area (Å²) in [5, 5.41) is 5.69. The highest BCUT2D eigenvalue weighted by Crippen LogP contribution is 2.09. The van der Waals surface area contributed by atoms with Crippen LogP contribution in [0.1, 0.15) is 12.0 Å². The van der Waals surface area contributed by atoms with E-state index in [9.17, 15) is 4.79 Å². The maximum atomic E-state index is 11.4. The number of carbonyl (C=O) groups excluding carboxylic acids is 1. The second kappa shape index (κ2) is 5.84. The summed E-state index contributed by atoms with van der Waals surface area (Å²) in [6.07, 6.45) is 5.71. The van der Waals surface area contributed by atoms with Gasteiger partial charge in [-0.1, -0.05) is 12.0 Å². The number of hydrogen-bond donors (Lipinski definition) is 2. The lowest BCUT2D eigenvalue weighted by Gasteiger charge is -2.04. The Hall–Kier alpha value is -1.79. The van der Waals surface area contributed by atoms with Gasteiger partial charge in [-0.25, -0.2) is 0 Å². The van der Waals surface area contributed by atoms with Gasteiger partial charge in [0.15, 0.2) is 0 Å². The number of anilines is 1. The summed E-state index contributed by atoms with van der Waals surface area (Å²) in [5.74, 6) is 2.50. The predicted octanol–water partition coefficient (Wildman–Crippen LogP) is 1.22. The van der Waals surface area contributed by atoms with E-state index in [0.29, 0.717) is 13.0 Å². The molecule has 0 fully saturated rings. The summed E-state index contributed by atoms with van der Waals surface area (Å²) in [6.45, 7) is 0.667. The molecule has 0 bridgehead atoms. The third-order valence-corrected chi connectivity index (χ3v) is 1.92. The van der Waals surface area contributed by atoms with Crippen LogP contribution in [0.2, 0.25) is 0 Å². The molecule has 0 aliphatic heterocycles. The van der Waals surface area contributed by atoms with Gasteiger partial charge in [-0.05, 0) is 25.2 Å². The van der Waals surface area contributed by atoms with Gasteiger partial charge in [-0.3, -0.25) is 4.79 Å². The van der Waals surface area contributed by atoms with Crippen molar-refractivity contribution < 1.29 is 4.79 Å². The van der Waals surface area contributed by atoms with Crippen LogP contribution < -0.4 is 10.6 Å². The van der Waals surface area contributed by atoms with E-state index in [1.54, 1.807) is 6.07 Å². The summed E-state index contributed by atoms with van der Waals surface area (Å²) in [4.78, 5) is 11.4. The first-order chi connectivity index (χ1) is 7.26. The molecule has 0 atom stereocenters. The van der Waals surface area contributed by atoms with Crippen LogP contribution in [0.5, 0.6) is 0 Å². The molecule has 1 aromatic carbocycles. The van der Waals surface area contributed by atoms with Gasteiger partial charge in [0, 0.05) is 24.2 Å². The highest BCUT2D eigenvalue weighted by Gasteiger charge is 2.01. The summed E-state index contributed by atoms with van der Waals surface area (Å²) in [6, 6.07) is 7.24. The fourth-order valence-electron chi connectivity index (χ4n) is 1.15. The molecule has 78 valence electrons. The molecule has 0 radical (unpaired) electrons. The molecule has 0 aliphatic carbocycles. The van der Waals surface area contributed by atoms with Crippen LogP contribution in [-0.2, 0) is 4.79 Å². The Morgan fingerprint density at radius 3 is 3.00 bits per heavy atom. The maximum Gasteiger partial charge on any atom is 0.225 e. The van der Waals surface area contributed by atoms with Crippen LogP contribution in [0.3, 0.4) is 0 Å². The van der Waals surface area contributed by atoms with Gasteiger partial charge in [0.25, 0.3) is 0 Å². The first-order valence-corrected chi connectivity index (χ1v) is 4.77. The predicted molar refractivity (Wildman–Crippen MR) is 61.6 cm³/mol. The van der Waals surface area contributed by atoms with Gasteiger partial charge in [-0.15, -0.1) is 6.42 Å². The standard InChI is InChI=1S/C12H14N2O/c1-3-10-5-4-6-11(9-10)14-12(15)7-8-13-2/h1,4-6,9,13H,7-8H2,2H3,(H,14,15). The average molecular weight is 202 g/mol. The highest BCUT2D eigenvalue weighted by molar-refractivity contribution is 5.90. The van der Waals surface area contributed by atoms with E-state index in [2.05, 4.69) is 16.6 Å². The number of benzene rings is 1. The lowest BCUT2D eigenvalue weighted by molar-refractivity contribution is -0.116. The van der Waals surface area contributed by atoms with Crippen molar-refractivity contribution in [2.45, 2.75) is 6.42 Å². The van der Waals surface area contributed by atoms with Crippen molar-refractivity contribution in [2.75, 3.05) is 18.9 Å². The molecule has 0 saturated carbocycles. The van der Waals surface area contributed by atoms with E-state index in [1.807, 2.05) is 25.2 Å². The van der Waals surface area contributed by atoms with Crippen LogP contribution in [0.15, 0.2) is 24.3 Å². The second-order valence-corrected chi connectivity index (χ2v) is 3.13. The van der Waals surface area contributed by atoms with Crippen molar-refractivity contribution in [3.05, 3.63) is 29.8 Å². The summed E-state index contributed by atoms with van der Waals surface area (Å²) < 4.78 is 0. The third-order valence-electron chi connectivity index (χ3n) is 1.92. The van der Waals surface area contributed by atoms with Gasteiger partial charge in [0.2, 0.25) is 5.91 Å². The van der Waals surface area contributed by atoms with Gasteiger partial charge in [0.1, 0.15) is 0 Å². The van der Waals surface area contributed by atoms with Gasteiger partial charge in [0.05, 0.1) is 0 Å². The quantitative estimate of drug-likeness (QED) is 0.721. The number of terminal acetylenes is 1. The lowest BCUT2D eigenvalue weighted by Crippen LogP contribution is -2.18. The van der Waals surface area contributed by atoms with Crippen molar-refractivity contribution in [3.63, 3.8) is 0 Å². The van der Waals surface area contributed by atoms with E-state index < -0.39 is 0 Å². The topological polar surface area (TPSA) is 41.1 Å². The van der Waals surface area contributed by atoms with Crippen molar-refractivity contribution in [1.29, 1.82) is 0 Å². The van der Waals surface area contributed by atoms with E-state index in [-0.39, 0.29) is 5.91 Å². The average Bonchev–Trinajstić information content (AvgIpc) is 2.26. The largest absolute Gasteiger partial charge is 0.326 e. The van der Waals surface area contributed by atoms with E-state index >= 15 is 0 Å². The van der Waals surface area contributed by atoms with Crippen LogP contribution >= 0.6 is 0 Å². The van der Waals surface area contributed by atoms with Crippen molar-refractivity contribution in [2.24, 2.45) is 0 Å². The van der Waals surface area contributed by atoms with Crippen LogP contribution in [0.4, 0.5) is 5.69 Å². The molecule has 0 aromatic heterocycles. The minimum Gasteiger partial charge on any atom is -0.326 e. The molecule has 15 heavy (non-hydrogen) atoms. The van der Waals surface area contributed by atoms with Crippen LogP contribution in [-0.4, -0.2) is 19.5 Å². The molecule has 3 heteroatoms. The number of carbonyl (C=O) groups is 1. The Labute approximate surface area is 89.9 Å². The monoisotopic (exact) mass is 202 g/mol. The molecule has 1 aromatic rings. The van der Waals surface area contributed by atoms with E-state index in [0.717, 1.165) is 11.3 Å². The molecule has 0 unspecified atom stereocenters. The first kappa shape index (κ1) is 11.3. The summed E-state index contributed by atoms with van der Waals surface area (Å²) >= 11 is 0. The Morgan fingerprint density at radius 1 is 1.53 bits per heavy atom. The molecule has 2 N–H and O–H groups in total. The normalized spacial score (nSPS) is 9.33.